The van der Waals surface area contributed by atoms with Gasteiger partial charge in [-0.2, -0.15) is 4.98 Å². The minimum absolute atomic E-state index is 0. The van der Waals surface area contributed by atoms with Crippen LogP contribution in [0.15, 0.2) is 28.7 Å². The normalized spacial score (nSPS) is 23.4. The SMILES string of the molecule is CC1NCCCC1NC(=O)C1CCN(c2nc3ccccc3o2)CC1.Cl.Cl. The lowest BCUT2D eigenvalue weighted by molar-refractivity contribution is -0.126. The van der Waals surface area contributed by atoms with Crippen molar-refractivity contribution in [2.75, 3.05) is 24.5 Å². The zero-order valence-electron chi connectivity index (χ0n) is 15.5. The Hall–Kier alpha value is -1.50. The third-order valence-electron chi connectivity index (χ3n) is 5.51. The van der Waals surface area contributed by atoms with Crippen LogP contribution in [0.25, 0.3) is 11.1 Å². The Labute approximate surface area is 172 Å². The van der Waals surface area contributed by atoms with E-state index in [1.54, 1.807) is 0 Å². The number of piperidine rings is 2. The fourth-order valence-corrected chi connectivity index (χ4v) is 3.87. The zero-order valence-corrected chi connectivity index (χ0v) is 17.2. The molecule has 2 unspecified atom stereocenters. The van der Waals surface area contributed by atoms with Gasteiger partial charge in [0.1, 0.15) is 5.52 Å². The Bertz CT molecular complexity index is 713. The number of nitrogens with zero attached hydrogens (tertiary/aromatic N) is 2. The molecule has 2 aliphatic heterocycles. The van der Waals surface area contributed by atoms with Crippen molar-refractivity contribution in [2.45, 2.75) is 44.7 Å². The molecule has 0 radical (unpaired) electrons. The molecule has 2 aromatic rings. The number of nitrogens with one attached hydrogen (secondary N) is 2. The summed E-state index contributed by atoms with van der Waals surface area (Å²) in [6.07, 6.45) is 3.89. The molecular weight excluding hydrogens is 387 g/mol. The van der Waals surface area contributed by atoms with Gasteiger partial charge in [-0.15, -0.1) is 24.8 Å². The van der Waals surface area contributed by atoms with Crippen LogP contribution in [0.5, 0.6) is 0 Å². The third-order valence-corrected chi connectivity index (χ3v) is 5.51. The van der Waals surface area contributed by atoms with Crippen molar-refractivity contribution in [1.29, 1.82) is 0 Å². The number of hydrogen-bond acceptors (Lipinski definition) is 5. The Morgan fingerprint density at radius 1 is 1.22 bits per heavy atom. The predicted molar refractivity (Wildman–Crippen MR) is 112 cm³/mol. The number of benzene rings is 1. The summed E-state index contributed by atoms with van der Waals surface area (Å²) in [6.45, 7) is 4.82. The summed E-state index contributed by atoms with van der Waals surface area (Å²) in [5.74, 6) is 0.299. The first kappa shape index (κ1) is 21.8. The van der Waals surface area contributed by atoms with Gasteiger partial charge in [-0.05, 0) is 51.3 Å². The van der Waals surface area contributed by atoms with Gasteiger partial charge in [-0.1, -0.05) is 12.1 Å². The minimum atomic E-state index is 0. The Morgan fingerprint density at radius 3 is 2.67 bits per heavy atom. The highest BCUT2D eigenvalue weighted by Gasteiger charge is 2.30. The molecule has 6 nitrogen and oxygen atoms in total. The lowest BCUT2D eigenvalue weighted by Gasteiger charge is -2.34. The Morgan fingerprint density at radius 2 is 1.96 bits per heavy atom. The molecule has 1 amide bonds. The lowest BCUT2D eigenvalue weighted by Crippen LogP contribution is -2.53. The fraction of sp³-hybridized carbons (Fsp3) is 0.579. The van der Waals surface area contributed by atoms with Crippen LogP contribution >= 0.6 is 24.8 Å². The summed E-state index contributed by atoms with van der Waals surface area (Å²) in [7, 11) is 0. The zero-order chi connectivity index (χ0) is 17.2. The van der Waals surface area contributed by atoms with Crippen molar-refractivity contribution in [2.24, 2.45) is 5.92 Å². The molecule has 27 heavy (non-hydrogen) atoms. The highest BCUT2D eigenvalue weighted by Crippen LogP contribution is 2.26. The molecule has 0 bridgehead atoms. The molecule has 4 rings (SSSR count). The van der Waals surface area contributed by atoms with Crippen LogP contribution in [-0.4, -0.2) is 42.6 Å². The molecule has 2 aliphatic rings. The van der Waals surface area contributed by atoms with Crippen LogP contribution in [0.1, 0.15) is 32.6 Å². The summed E-state index contributed by atoms with van der Waals surface area (Å²) in [6, 6.07) is 9.10. The summed E-state index contributed by atoms with van der Waals surface area (Å²) in [4.78, 5) is 19.3. The highest BCUT2D eigenvalue weighted by atomic mass is 35.5. The van der Waals surface area contributed by atoms with E-state index in [4.69, 9.17) is 4.42 Å². The maximum atomic E-state index is 12.6. The maximum absolute atomic E-state index is 12.6. The molecule has 0 aliphatic carbocycles. The molecule has 8 heteroatoms. The number of hydrogen-bond donors (Lipinski definition) is 2. The molecule has 2 N–H and O–H groups in total. The van der Waals surface area contributed by atoms with Crippen LogP contribution in [0, 0.1) is 5.92 Å². The van der Waals surface area contributed by atoms with Crippen molar-refractivity contribution < 1.29 is 9.21 Å². The Balaban J connectivity index is 0.00000131. The lowest BCUT2D eigenvalue weighted by atomic mass is 9.94. The molecule has 1 aromatic heterocycles. The van der Waals surface area contributed by atoms with Crippen molar-refractivity contribution in [3.05, 3.63) is 24.3 Å². The molecule has 0 saturated carbocycles. The van der Waals surface area contributed by atoms with Gasteiger partial charge in [0.25, 0.3) is 6.01 Å². The van der Waals surface area contributed by atoms with Crippen molar-refractivity contribution >= 4 is 47.8 Å². The van der Waals surface area contributed by atoms with E-state index in [0.717, 1.165) is 56.4 Å². The number of fused-ring (bicyclic) bond motifs is 1. The Kier molecular flexibility index (Phi) is 7.77. The average molecular weight is 415 g/mol. The van der Waals surface area contributed by atoms with Crippen LogP contribution in [0.2, 0.25) is 0 Å². The number of halogens is 2. The smallest absolute Gasteiger partial charge is 0.298 e. The van der Waals surface area contributed by atoms with Gasteiger partial charge in [-0.25, -0.2) is 0 Å². The summed E-state index contributed by atoms with van der Waals surface area (Å²) >= 11 is 0. The van der Waals surface area contributed by atoms with Crippen LogP contribution in [0.4, 0.5) is 6.01 Å². The first-order valence-corrected chi connectivity index (χ1v) is 9.35. The van der Waals surface area contributed by atoms with Gasteiger partial charge >= 0.3 is 0 Å². The van der Waals surface area contributed by atoms with Gasteiger partial charge in [0.15, 0.2) is 5.58 Å². The number of anilines is 1. The number of amides is 1. The molecule has 2 saturated heterocycles. The standard InChI is InChI=1S/C19H26N4O2.2ClH/c1-13-15(6-4-10-20-13)21-18(24)14-8-11-23(12-9-14)19-22-16-5-2-3-7-17(16)25-19;;/h2-3,5,7,13-15,20H,4,6,8-12H2,1H3,(H,21,24);2*1H. The second-order valence-corrected chi connectivity index (χ2v) is 7.23. The number of aromatic nitrogens is 1. The number of oxazole rings is 1. The molecule has 2 atom stereocenters. The second kappa shape index (κ2) is 9.62. The second-order valence-electron chi connectivity index (χ2n) is 7.23. The molecule has 150 valence electrons. The van der Waals surface area contributed by atoms with Crippen LogP contribution in [0.3, 0.4) is 0 Å². The van der Waals surface area contributed by atoms with Gasteiger partial charge in [-0.3, -0.25) is 4.79 Å². The minimum Gasteiger partial charge on any atom is -0.423 e. The van der Waals surface area contributed by atoms with Crippen LogP contribution in [-0.2, 0) is 4.79 Å². The number of carbonyl (C=O) groups excluding carboxylic acids is 1. The molecular formula is C19H28Cl2N4O2. The molecule has 3 heterocycles. The average Bonchev–Trinajstić information content (AvgIpc) is 3.08. The van der Waals surface area contributed by atoms with Crippen molar-refractivity contribution in [3.63, 3.8) is 0 Å². The maximum Gasteiger partial charge on any atom is 0.298 e. The fourth-order valence-electron chi connectivity index (χ4n) is 3.87. The van der Waals surface area contributed by atoms with E-state index < -0.39 is 0 Å². The number of rotatable bonds is 3. The van der Waals surface area contributed by atoms with Gasteiger partial charge in [0, 0.05) is 31.1 Å². The quantitative estimate of drug-likeness (QED) is 0.806. The van der Waals surface area contributed by atoms with Crippen molar-refractivity contribution in [3.8, 4) is 0 Å². The summed E-state index contributed by atoms with van der Waals surface area (Å²) in [5, 5.41) is 6.69. The van der Waals surface area contributed by atoms with E-state index in [2.05, 4.69) is 27.4 Å². The van der Waals surface area contributed by atoms with E-state index in [0.29, 0.717) is 12.1 Å². The number of para-hydroxylation sites is 2. The highest BCUT2D eigenvalue weighted by molar-refractivity contribution is 5.85. The van der Waals surface area contributed by atoms with Crippen LogP contribution < -0.4 is 15.5 Å². The topological polar surface area (TPSA) is 70.4 Å². The van der Waals surface area contributed by atoms with E-state index in [1.165, 1.54) is 0 Å². The van der Waals surface area contributed by atoms with Gasteiger partial charge in [0.05, 0.1) is 0 Å². The first-order chi connectivity index (χ1) is 12.2. The first-order valence-electron chi connectivity index (χ1n) is 9.35. The predicted octanol–water partition coefficient (Wildman–Crippen LogP) is 3.14. The van der Waals surface area contributed by atoms with E-state index in [-0.39, 0.29) is 42.7 Å². The largest absolute Gasteiger partial charge is 0.423 e. The summed E-state index contributed by atoms with van der Waals surface area (Å²) in [5.41, 5.74) is 1.70. The third kappa shape index (κ3) is 4.86. The van der Waals surface area contributed by atoms with Gasteiger partial charge < -0.3 is 20.0 Å². The van der Waals surface area contributed by atoms with E-state index >= 15 is 0 Å². The molecule has 0 spiro atoms. The summed E-state index contributed by atoms with van der Waals surface area (Å²) < 4.78 is 5.84. The van der Waals surface area contributed by atoms with Crippen molar-refractivity contribution in [1.82, 2.24) is 15.6 Å². The van der Waals surface area contributed by atoms with Gasteiger partial charge in [0.2, 0.25) is 5.91 Å². The van der Waals surface area contributed by atoms with E-state index in [9.17, 15) is 4.79 Å². The molecule has 2 fully saturated rings. The van der Waals surface area contributed by atoms with E-state index in [1.807, 2.05) is 24.3 Å². The number of carbonyl (C=O) groups is 1. The monoisotopic (exact) mass is 414 g/mol. The molecule has 1 aromatic carbocycles.